The van der Waals surface area contributed by atoms with Crippen LogP contribution in [0.25, 0.3) is 16.8 Å². The number of amidine groups is 2. The second-order valence-corrected chi connectivity index (χ2v) is 7.72. The number of nitrogens with zero attached hydrogens (tertiary/aromatic N) is 3. The molecule has 0 saturated carbocycles. The number of rotatable bonds is 4. The van der Waals surface area contributed by atoms with Crippen molar-refractivity contribution in [1.82, 2.24) is 5.01 Å². The van der Waals surface area contributed by atoms with E-state index in [1.807, 2.05) is 72.8 Å². The Labute approximate surface area is 177 Å². The van der Waals surface area contributed by atoms with Gasteiger partial charge in [-0.25, -0.2) is 0 Å². The van der Waals surface area contributed by atoms with E-state index in [9.17, 15) is 4.79 Å². The molecule has 0 aliphatic carbocycles. The molecule has 1 amide bonds. The van der Waals surface area contributed by atoms with E-state index in [2.05, 4.69) is 10.1 Å². The zero-order valence-electron chi connectivity index (χ0n) is 15.8. The first kappa shape index (κ1) is 18.3. The monoisotopic (exact) mass is 412 g/mol. The molecule has 0 unspecified atom stereocenters. The number of amides is 1. The highest BCUT2D eigenvalue weighted by Gasteiger charge is 2.35. The fourth-order valence-corrected chi connectivity index (χ4v) is 4.08. The van der Waals surface area contributed by atoms with Gasteiger partial charge in [0.2, 0.25) is 5.17 Å². The third-order valence-corrected chi connectivity index (χ3v) is 5.61. The number of para-hydroxylation sites is 1. The Hall–Kier alpha value is -3.71. The Balaban J connectivity index is 1.42. The van der Waals surface area contributed by atoms with Crippen molar-refractivity contribution in [3.05, 3.63) is 83.9 Å². The molecule has 6 nitrogen and oxygen atoms in total. The summed E-state index contributed by atoms with van der Waals surface area (Å²) in [6.07, 6.45) is 1.71. The quantitative estimate of drug-likeness (QED) is 0.638. The maximum Gasteiger partial charge on any atom is 0.283 e. The normalized spacial score (nSPS) is 17.2. The van der Waals surface area contributed by atoms with Crippen LogP contribution in [0.3, 0.4) is 0 Å². The highest BCUT2D eigenvalue weighted by molar-refractivity contribution is 8.27. The van der Waals surface area contributed by atoms with Crippen LogP contribution in [-0.2, 0) is 4.79 Å². The molecule has 0 aromatic heterocycles. The first-order chi connectivity index (χ1) is 14.7. The van der Waals surface area contributed by atoms with E-state index in [1.54, 1.807) is 6.08 Å². The fraction of sp³-hybridized carbons (Fsp3) is 0.0435. The van der Waals surface area contributed by atoms with E-state index in [-0.39, 0.29) is 18.0 Å². The molecule has 5 rings (SSSR count). The molecular formula is C23H16N4O2S. The summed E-state index contributed by atoms with van der Waals surface area (Å²) in [5, 5.41) is 17.5. The lowest BCUT2D eigenvalue weighted by atomic mass is 10.0. The topological polar surface area (TPSA) is 78.1 Å². The number of benzene rings is 3. The van der Waals surface area contributed by atoms with Gasteiger partial charge in [0.05, 0.1) is 5.57 Å². The van der Waals surface area contributed by atoms with Crippen LogP contribution in [0.15, 0.2) is 88.5 Å². The molecule has 3 aromatic rings. The Morgan fingerprint density at radius 1 is 1.00 bits per heavy atom. The molecule has 0 fully saturated rings. The van der Waals surface area contributed by atoms with Crippen LogP contribution in [0.1, 0.15) is 5.56 Å². The highest BCUT2D eigenvalue weighted by Crippen LogP contribution is 2.29. The van der Waals surface area contributed by atoms with Crippen molar-refractivity contribution >= 4 is 50.6 Å². The SMILES string of the molecule is N=C1/C(=C/c2cccc3ccccc23)C(=O)N=C2SC(COc3ccccc3)=NN12. The summed E-state index contributed by atoms with van der Waals surface area (Å²) in [6.45, 7) is 0.244. The molecule has 3 aromatic carbocycles. The van der Waals surface area contributed by atoms with Gasteiger partial charge in [0.1, 0.15) is 17.4 Å². The third kappa shape index (κ3) is 3.40. The van der Waals surface area contributed by atoms with Crippen molar-refractivity contribution < 1.29 is 9.53 Å². The molecule has 0 atom stereocenters. The highest BCUT2D eigenvalue weighted by atomic mass is 32.2. The number of hydrogen-bond acceptors (Lipinski definition) is 5. The lowest BCUT2D eigenvalue weighted by Crippen LogP contribution is -2.35. The minimum absolute atomic E-state index is 0.0140. The van der Waals surface area contributed by atoms with Crippen LogP contribution < -0.4 is 4.74 Å². The van der Waals surface area contributed by atoms with E-state index < -0.39 is 5.91 Å². The number of carbonyl (C=O) groups excluding carboxylic acids is 1. The molecule has 146 valence electrons. The number of aliphatic imine (C=N–C) groups is 1. The van der Waals surface area contributed by atoms with Crippen LogP contribution in [0, 0.1) is 5.41 Å². The van der Waals surface area contributed by atoms with Gasteiger partial charge in [0.15, 0.2) is 5.84 Å². The molecule has 2 heterocycles. The third-order valence-electron chi connectivity index (χ3n) is 4.73. The van der Waals surface area contributed by atoms with Crippen molar-refractivity contribution in [3.8, 4) is 5.75 Å². The molecule has 2 aliphatic rings. The number of carbonyl (C=O) groups is 1. The Morgan fingerprint density at radius 2 is 1.77 bits per heavy atom. The van der Waals surface area contributed by atoms with Crippen molar-refractivity contribution in [1.29, 1.82) is 5.41 Å². The average Bonchev–Trinajstić information content (AvgIpc) is 3.19. The molecular weight excluding hydrogens is 396 g/mol. The first-order valence-corrected chi connectivity index (χ1v) is 10.2. The van der Waals surface area contributed by atoms with Crippen LogP contribution in [-0.4, -0.2) is 33.6 Å². The molecule has 1 N–H and O–H groups in total. The van der Waals surface area contributed by atoms with Crippen molar-refractivity contribution in [2.75, 3.05) is 6.61 Å². The Morgan fingerprint density at radius 3 is 2.63 bits per heavy atom. The zero-order chi connectivity index (χ0) is 20.5. The van der Waals surface area contributed by atoms with E-state index in [4.69, 9.17) is 10.1 Å². The minimum Gasteiger partial charge on any atom is -0.487 e. The molecule has 7 heteroatoms. The van der Waals surface area contributed by atoms with Gasteiger partial charge in [-0.3, -0.25) is 10.2 Å². The van der Waals surface area contributed by atoms with E-state index >= 15 is 0 Å². The predicted molar refractivity (Wildman–Crippen MR) is 121 cm³/mol. The standard InChI is InChI=1S/C23H16N4O2S/c24-21-19(13-16-9-6-8-15-7-4-5-12-18(15)16)22(28)25-23-27(21)26-20(30-23)14-29-17-10-2-1-3-11-17/h1-13,24H,14H2/b19-13-,24-21?. The van der Waals surface area contributed by atoms with Crippen LogP contribution in [0.4, 0.5) is 0 Å². The number of thioether (sulfide) groups is 1. The summed E-state index contributed by atoms with van der Waals surface area (Å²) in [4.78, 5) is 16.8. The summed E-state index contributed by atoms with van der Waals surface area (Å²) in [5.41, 5.74) is 1.08. The number of hydrazone groups is 1. The maximum atomic E-state index is 12.7. The van der Waals surface area contributed by atoms with Crippen LogP contribution >= 0.6 is 11.8 Å². The molecule has 30 heavy (non-hydrogen) atoms. The molecule has 0 saturated heterocycles. The second-order valence-electron chi connectivity index (χ2n) is 6.68. The summed E-state index contributed by atoms with van der Waals surface area (Å²) in [6, 6.07) is 23.2. The Kier molecular flexibility index (Phi) is 4.65. The van der Waals surface area contributed by atoms with Gasteiger partial charge >= 0.3 is 0 Å². The summed E-state index contributed by atoms with van der Waals surface area (Å²) in [5.74, 6) is 0.308. The summed E-state index contributed by atoms with van der Waals surface area (Å²) >= 11 is 1.24. The second kappa shape index (κ2) is 7.61. The van der Waals surface area contributed by atoms with Crippen molar-refractivity contribution in [2.24, 2.45) is 10.1 Å². The number of hydrogen-bond donors (Lipinski definition) is 1. The predicted octanol–water partition coefficient (Wildman–Crippen LogP) is 4.54. The van der Waals surface area contributed by atoms with E-state index in [0.717, 1.165) is 22.1 Å². The van der Waals surface area contributed by atoms with Gasteiger partial charge in [-0.2, -0.15) is 15.1 Å². The van der Waals surface area contributed by atoms with Crippen LogP contribution in [0.5, 0.6) is 5.75 Å². The molecule has 0 radical (unpaired) electrons. The van der Waals surface area contributed by atoms with E-state index in [0.29, 0.717) is 10.2 Å². The van der Waals surface area contributed by atoms with Gasteiger partial charge in [-0.15, -0.1) is 0 Å². The van der Waals surface area contributed by atoms with Gasteiger partial charge in [-0.1, -0.05) is 60.7 Å². The fourth-order valence-electron chi connectivity index (χ4n) is 3.28. The average molecular weight is 412 g/mol. The van der Waals surface area contributed by atoms with Crippen molar-refractivity contribution in [3.63, 3.8) is 0 Å². The Bertz CT molecular complexity index is 1260. The maximum absolute atomic E-state index is 12.7. The smallest absolute Gasteiger partial charge is 0.283 e. The summed E-state index contributed by atoms with van der Waals surface area (Å²) in [7, 11) is 0. The molecule has 2 aliphatic heterocycles. The molecule has 0 spiro atoms. The van der Waals surface area contributed by atoms with Gasteiger partial charge < -0.3 is 4.74 Å². The van der Waals surface area contributed by atoms with Gasteiger partial charge in [0.25, 0.3) is 5.91 Å². The summed E-state index contributed by atoms with van der Waals surface area (Å²) < 4.78 is 5.73. The van der Waals surface area contributed by atoms with Crippen molar-refractivity contribution in [2.45, 2.75) is 0 Å². The number of fused-ring (bicyclic) bond motifs is 2. The first-order valence-electron chi connectivity index (χ1n) is 9.34. The van der Waals surface area contributed by atoms with Crippen LogP contribution in [0.2, 0.25) is 0 Å². The number of nitrogens with one attached hydrogen (secondary N) is 1. The van der Waals surface area contributed by atoms with Gasteiger partial charge in [0, 0.05) is 0 Å². The lowest BCUT2D eigenvalue weighted by molar-refractivity contribution is -0.114. The van der Waals surface area contributed by atoms with E-state index in [1.165, 1.54) is 16.8 Å². The molecule has 0 bridgehead atoms. The minimum atomic E-state index is -0.438. The van der Waals surface area contributed by atoms with Gasteiger partial charge in [-0.05, 0) is 46.3 Å². The number of ether oxygens (including phenoxy) is 1. The largest absolute Gasteiger partial charge is 0.487 e. The zero-order valence-corrected chi connectivity index (χ0v) is 16.6. The lowest BCUT2D eigenvalue weighted by Gasteiger charge is -2.20.